The molecule has 60 valence electrons. The van der Waals surface area contributed by atoms with E-state index < -0.39 is 0 Å². The maximum absolute atomic E-state index is 3.40. The van der Waals surface area contributed by atoms with Gasteiger partial charge in [-0.3, -0.25) is 0 Å². The summed E-state index contributed by atoms with van der Waals surface area (Å²) in [6.07, 6.45) is 3.38. The highest BCUT2D eigenvalue weighted by Gasteiger charge is 1.93. The third-order valence-electron chi connectivity index (χ3n) is 1.47. The lowest BCUT2D eigenvalue weighted by Crippen LogP contribution is -1.73. The first-order chi connectivity index (χ1) is 5.34. The van der Waals surface area contributed by atoms with Crippen LogP contribution in [0.4, 0.5) is 0 Å². The second-order valence-electron chi connectivity index (χ2n) is 2.34. The summed E-state index contributed by atoms with van der Waals surface area (Å²) in [5.41, 5.74) is 1.39. The van der Waals surface area contributed by atoms with Crippen molar-refractivity contribution in [3.05, 3.63) is 28.5 Å². The molecule has 0 atom stereocenters. The van der Waals surface area contributed by atoms with Gasteiger partial charge in [-0.15, -0.1) is 11.3 Å². The largest absolute Gasteiger partial charge is 0.144 e. The summed E-state index contributed by atoms with van der Waals surface area (Å²) < 4.78 is 0. The van der Waals surface area contributed by atoms with Crippen LogP contribution in [0.5, 0.6) is 0 Å². The van der Waals surface area contributed by atoms with E-state index in [0.717, 1.165) is 11.8 Å². The molecule has 0 saturated heterocycles. The van der Waals surface area contributed by atoms with Crippen molar-refractivity contribution < 1.29 is 0 Å². The molecule has 0 bridgehead atoms. The Morgan fingerprint density at radius 2 is 2.55 bits per heavy atom. The van der Waals surface area contributed by atoms with E-state index in [0.29, 0.717) is 0 Å². The molecule has 11 heavy (non-hydrogen) atoms. The van der Waals surface area contributed by atoms with E-state index in [-0.39, 0.29) is 0 Å². The molecule has 0 aliphatic carbocycles. The molecule has 0 aliphatic rings. The standard InChI is InChI=1S/C9H11BrS/c1-8(4-2-6-10)9-5-3-7-11-9/h3-5,7H,2,6H2,1H3. The van der Waals surface area contributed by atoms with Crippen molar-refractivity contribution in [2.75, 3.05) is 5.33 Å². The fraction of sp³-hybridized carbons (Fsp3) is 0.333. The molecule has 0 N–H and O–H groups in total. The summed E-state index contributed by atoms with van der Waals surface area (Å²) in [6, 6.07) is 4.25. The monoisotopic (exact) mass is 230 g/mol. The van der Waals surface area contributed by atoms with Crippen molar-refractivity contribution in [1.82, 2.24) is 0 Å². The van der Waals surface area contributed by atoms with Crippen molar-refractivity contribution >= 4 is 32.8 Å². The van der Waals surface area contributed by atoms with Crippen molar-refractivity contribution in [3.63, 3.8) is 0 Å². The van der Waals surface area contributed by atoms with Gasteiger partial charge in [0.2, 0.25) is 0 Å². The summed E-state index contributed by atoms with van der Waals surface area (Å²) in [7, 11) is 0. The third kappa shape index (κ3) is 2.80. The van der Waals surface area contributed by atoms with Crippen LogP contribution in [0.2, 0.25) is 0 Å². The molecule has 0 aliphatic heterocycles. The number of halogens is 1. The highest BCUT2D eigenvalue weighted by Crippen LogP contribution is 2.19. The van der Waals surface area contributed by atoms with Gasteiger partial charge in [-0.05, 0) is 30.4 Å². The highest BCUT2D eigenvalue weighted by molar-refractivity contribution is 9.09. The number of allylic oxidation sites excluding steroid dienone is 2. The van der Waals surface area contributed by atoms with Gasteiger partial charge in [0.25, 0.3) is 0 Å². The first kappa shape index (κ1) is 9.01. The van der Waals surface area contributed by atoms with Gasteiger partial charge >= 0.3 is 0 Å². The minimum Gasteiger partial charge on any atom is -0.144 e. The zero-order chi connectivity index (χ0) is 8.10. The first-order valence-electron chi connectivity index (χ1n) is 3.61. The molecule has 1 aromatic heterocycles. The Morgan fingerprint density at radius 3 is 3.09 bits per heavy atom. The molecular formula is C9H11BrS. The molecule has 0 spiro atoms. The maximum Gasteiger partial charge on any atom is 0.0296 e. The normalized spacial score (nSPS) is 12.0. The van der Waals surface area contributed by atoms with Gasteiger partial charge in [0, 0.05) is 10.2 Å². The lowest BCUT2D eigenvalue weighted by Gasteiger charge is -1.94. The van der Waals surface area contributed by atoms with Crippen LogP contribution in [0.15, 0.2) is 23.6 Å². The van der Waals surface area contributed by atoms with Crippen molar-refractivity contribution in [1.29, 1.82) is 0 Å². The summed E-state index contributed by atoms with van der Waals surface area (Å²) >= 11 is 5.20. The topological polar surface area (TPSA) is 0 Å². The summed E-state index contributed by atoms with van der Waals surface area (Å²) in [5, 5.41) is 3.16. The number of hydrogen-bond donors (Lipinski definition) is 0. The fourth-order valence-corrected chi connectivity index (χ4v) is 1.83. The molecule has 0 aromatic carbocycles. The minimum atomic E-state index is 1.05. The molecule has 0 fully saturated rings. The average molecular weight is 231 g/mol. The van der Waals surface area contributed by atoms with Crippen LogP contribution < -0.4 is 0 Å². The first-order valence-corrected chi connectivity index (χ1v) is 5.61. The molecule has 1 rings (SSSR count). The van der Waals surface area contributed by atoms with Crippen molar-refractivity contribution in [2.24, 2.45) is 0 Å². The zero-order valence-electron chi connectivity index (χ0n) is 6.51. The smallest absolute Gasteiger partial charge is 0.0296 e. The van der Waals surface area contributed by atoms with Gasteiger partial charge in [-0.25, -0.2) is 0 Å². The number of rotatable bonds is 3. The van der Waals surface area contributed by atoms with Gasteiger partial charge in [-0.1, -0.05) is 28.1 Å². The SMILES string of the molecule is CC(=CCCBr)c1cccs1. The quantitative estimate of drug-likeness (QED) is 0.691. The van der Waals surface area contributed by atoms with E-state index in [2.05, 4.69) is 46.4 Å². The molecule has 0 radical (unpaired) electrons. The predicted octanol–water partition coefficient (Wildman–Crippen LogP) is 3.94. The minimum absolute atomic E-state index is 1.05. The van der Waals surface area contributed by atoms with Crippen LogP contribution in [-0.2, 0) is 0 Å². The van der Waals surface area contributed by atoms with E-state index in [1.807, 2.05) is 0 Å². The molecule has 1 aromatic rings. The molecule has 0 unspecified atom stereocenters. The second-order valence-corrected chi connectivity index (χ2v) is 4.08. The van der Waals surface area contributed by atoms with Crippen LogP contribution in [0.25, 0.3) is 5.57 Å². The summed E-state index contributed by atoms with van der Waals surface area (Å²) in [4.78, 5) is 1.38. The Balaban J connectivity index is 2.62. The van der Waals surface area contributed by atoms with Crippen LogP contribution in [0.1, 0.15) is 18.2 Å². The Labute approximate surface area is 80.1 Å². The lowest BCUT2D eigenvalue weighted by molar-refractivity contribution is 1.26. The van der Waals surface area contributed by atoms with Gasteiger partial charge in [-0.2, -0.15) is 0 Å². The molecular weight excluding hydrogens is 220 g/mol. The second kappa shape index (κ2) is 4.73. The maximum atomic E-state index is 3.40. The molecule has 0 saturated carbocycles. The zero-order valence-corrected chi connectivity index (χ0v) is 8.91. The number of thiophene rings is 1. The predicted molar refractivity (Wildman–Crippen MR) is 56.4 cm³/mol. The summed E-state index contributed by atoms with van der Waals surface area (Å²) in [6.45, 7) is 2.16. The molecule has 1 heterocycles. The Morgan fingerprint density at radius 1 is 1.73 bits per heavy atom. The van der Waals surface area contributed by atoms with Crippen molar-refractivity contribution in [2.45, 2.75) is 13.3 Å². The fourth-order valence-electron chi connectivity index (χ4n) is 0.875. The lowest BCUT2D eigenvalue weighted by atomic mass is 10.2. The van der Waals surface area contributed by atoms with E-state index in [1.165, 1.54) is 10.5 Å². The van der Waals surface area contributed by atoms with Gasteiger partial charge in [0.15, 0.2) is 0 Å². The van der Waals surface area contributed by atoms with Crippen molar-refractivity contribution in [3.8, 4) is 0 Å². The molecule has 2 heteroatoms. The van der Waals surface area contributed by atoms with Crippen LogP contribution in [-0.4, -0.2) is 5.33 Å². The number of hydrogen-bond acceptors (Lipinski definition) is 1. The third-order valence-corrected chi connectivity index (χ3v) is 2.93. The van der Waals surface area contributed by atoms with Crippen LogP contribution >= 0.6 is 27.3 Å². The van der Waals surface area contributed by atoms with E-state index in [9.17, 15) is 0 Å². The molecule has 0 amide bonds. The Hall–Kier alpha value is -0.0800. The van der Waals surface area contributed by atoms with Crippen LogP contribution in [0.3, 0.4) is 0 Å². The highest BCUT2D eigenvalue weighted by atomic mass is 79.9. The Bertz CT molecular complexity index is 224. The summed E-state index contributed by atoms with van der Waals surface area (Å²) in [5.74, 6) is 0. The van der Waals surface area contributed by atoms with Gasteiger partial charge < -0.3 is 0 Å². The van der Waals surface area contributed by atoms with E-state index in [1.54, 1.807) is 11.3 Å². The Kier molecular flexibility index (Phi) is 3.87. The van der Waals surface area contributed by atoms with E-state index in [4.69, 9.17) is 0 Å². The average Bonchev–Trinajstić information content (AvgIpc) is 2.52. The van der Waals surface area contributed by atoms with Gasteiger partial charge in [0.05, 0.1) is 0 Å². The van der Waals surface area contributed by atoms with Gasteiger partial charge in [0.1, 0.15) is 0 Å². The van der Waals surface area contributed by atoms with E-state index >= 15 is 0 Å². The number of alkyl halides is 1. The van der Waals surface area contributed by atoms with Crippen LogP contribution in [0, 0.1) is 0 Å². The molecule has 0 nitrogen and oxygen atoms in total.